The molecule has 20 heteroatoms. The quantitative estimate of drug-likeness (QED) is 0.103. The number of nitrogens with zero attached hydrogens (tertiary/aromatic N) is 1. The van der Waals surface area contributed by atoms with E-state index in [0.717, 1.165) is 0 Å². The molecule has 0 aromatic carbocycles. The van der Waals surface area contributed by atoms with Gasteiger partial charge in [0.1, 0.15) is 6.04 Å². The largest absolute Gasteiger partial charge is 1.00 e. The van der Waals surface area contributed by atoms with Crippen molar-refractivity contribution in [1.82, 2.24) is 10.2 Å². The first kappa shape index (κ1) is 54.9. The average molecular weight is 617 g/mol. The smallest absolute Gasteiger partial charge is 0.550 e. The van der Waals surface area contributed by atoms with Crippen LogP contribution in [0, 0.1) is 11.8 Å². The zero-order chi connectivity index (χ0) is 30.0. The summed E-state index contributed by atoms with van der Waals surface area (Å²) in [7, 11) is 2.98. The van der Waals surface area contributed by atoms with Gasteiger partial charge in [0, 0.05) is 44.7 Å². The van der Waals surface area contributed by atoms with E-state index in [1.807, 2.05) is 0 Å². The van der Waals surface area contributed by atoms with E-state index in [1.54, 1.807) is 6.92 Å². The molecule has 1 rings (SSSR count). The summed E-state index contributed by atoms with van der Waals surface area (Å²) >= 11 is 0. The number of carboxylic acids is 5. The van der Waals surface area contributed by atoms with Gasteiger partial charge >= 0.3 is 77.0 Å². The zero-order valence-electron chi connectivity index (χ0n) is 23.2. The molecular weight excluding hydrogens is 578 g/mol. The summed E-state index contributed by atoms with van der Waals surface area (Å²) in [5.74, 6) is -7.68. The number of carbonyl (C=O) groups excluding carboxylic acids is 5. The maximum atomic E-state index is 10.8. The van der Waals surface area contributed by atoms with Crippen LogP contribution in [-0.2, 0) is 38.4 Å². The molecule has 18 nitrogen and oxygen atoms in total. The molecule has 0 bridgehead atoms. The van der Waals surface area contributed by atoms with Crippen LogP contribution < -0.4 is 86.1 Å². The number of nitrogens with two attached hydrogens (primary N) is 2. The molecule has 1 aliphatic heterocycles. The molecule has 0 aromatic rings. The van der Waals surface area contributed by atoms with Crippen LogP contribution in [0.2, 0.25) is 0 Å². The van der Waals surface area contributed by atoms with Crippen molar-refractivity contribution in [3.63, 3.8) is 0 Å². The molecule has 4 atom stereocenters. The molecule has 0 saturated carbocycles. The Kier molecular flexibility index (Phi) is 39.3. The van der Waals surface area contributed by atoms with Gasteiger partial charge in [-0.15, -0.1) is 0 Å². The van der Waals surface area contributed by atoms with Gasteiger partial charge in [0.15, 0.2) is 0 Å². The number of likely N-dealkylation sites (tertiary alicyclic amines) is 1. The van der Waals surface area contributed by atoms with Crippen LogP contribution >= 0.6 is 0 Å². The maximum Gasteiger partial charge on any atom is 1.00 e. The van der Waals surface area contributed by atoms with Crippen molar-refractivity contribution in [3.05, 3.63) is 0 Å². The molecule has 1 saturated heterocycles. The van der Waals surface area contributed by atoms with Crippen molar-refractivity contribution in [2.45, 2.75) is 59.0 Å². The first-order chi connectivity index (χ1) is 16.8. The first-order valence-electron chi connectivity index (χ1n) is 10.4. The summed E-state index contributed by atoms with van der Waals surface area (Å²) in [6.07, 6.45) is -0.758. The van der Waals surface area contributed by atoms with Crippen molar-refractivity contribution in [1.29, 1.82) is 0 Å². The van der Waals surface area contributed by atoms with Gasteiger partial charge in [-0.3, -0.25) is 33.7 Å². The SMILES string of the molecule is C.CC1CC(=O)N(C)C1=O.CNC(=O)CC(C)C(=O)[O-].NC(CC(=O)O)C(=O)O.NC(CC(=O)O)C(=O)[O-].O.[Na+].[Na+]. The molecule has 10 N–H and O–H groups in total. The molecule has 41 heavy (non-hydrogen) atoms. The zero-order valence-corrected chi connectivity index (χ0v) is 27.2. The minimum Gasteiger partial charge on any atom is -0.550 e. The second kappa shape index (κ2) is 29.3. The van der Waals surface area contributed by atoms with E-state index in [1.165, 1.54) is 25.9 Å². The average Bonchev–Trinajstić information content (AvgIpc) is 2.99. The second-order valence-corrected chi connectivity index (χ2v) is 7.56. The molecular formula is C21H38N4Na2O14. The fourth-order valence-electron chi connectivity index (χ4n) is 1.95. The van der Waals surface area contributed by atoms with Gasteiger partial charge in [-0.2, -0.15) is 0 Å². The molecule has 1 aliphatic rings. The van der Waals surface area contributed by atoms with E-state index in [9.17, 15) is 48.6 Å². The second-order valence-electron chi connectivity index (χ2n) is 7.56. The predicted molar refractivity (Wildman–Crippen MR) is 128 cm³/mol. The number of hydrogen-bond acceptors (Lipinski definition) is 12. The van der Waals surface area contributed by atoms with Crippen LogP contribution in [0.3, 0.4) is 0 Å². The summed E-state index contributed by atoms with van der Waals surface area (Å²) in [5, 5.41) is 46.1. The summed E-state index contributed by atoms with van der Waals surface area (Å²) in [4.78, 5) is 82.4. The topological polar surface area (TPSA) is 342 Å². The van der Waals surface area contributed by atoms with Gasteiger partial charge < -0.3 is 57.4 Å². The number of rotatable bonds is 9. The summed E-state index contributed by atoms with van der Waals surface area (Å²) in [6.45, 7) is 3.20. The number of carbonyl (C=O) groups is 8. The monoisotopic (exact) mass is 616 g/mol. The Bertz CT molecular complexity index is 825. The number of amides is 3. The summed E-state index contributed by atoms with van der Waals surface area (Å²) in [6, 6.07) is -2.69. The first-order valence-corrected chi connectivity index (χ1v) is 10.4. The van der Waals surface area contributed by atoms with Gasteiger partial charge in [-0.05, 0) is 0 Å². The summed E-state index contributed by atoms with van der Waals surface area (Å²) < 4.78 is 0. The molecule has 0 aliphatic carbocycles. The third kappa shape index (κ3) is 30.6. The Morgan fingerprint density at radius 3 is 1.46 bits per heavy atom. The van der Waals surface area contributed by atoms with E-state index < -0.39 is 60.7 Å². The van der Waals surface area contributed by atoms with Crippen LogP contribution in [-0.4, -0.2) is 99.4 Å². The Hall–Kier alpha value is -2.16. The van der Waals surface area contributed by atoms with Crippen LogP contribution in [0.1, 0.15) is 47.0 Å². The predicted octanol–water partition coefficient (Wildman–Crippen LogP) is -11.2. The minimum absolute atomic E-state index is 0. The van der Waals surface area contributed by atoms with Gasteiger partial charge in [0.05, 0.1) is 24.9 Å². The fourth-order valence-corrected chi connectivity index (χ4v) is 1.95. The van der Waals surface area contributed by atoms with Gasteiger partial charge in [-0.25, -0.2) is 0 Å². The third-order valence-corrected chi connectivity index (χ3v) is 4.19. The molecule has 1 fully saturated rings. The van der Waals surface area contributed by atoms with E-state index >= 15 is 0 Å². The minimum atomic E-state index is -1.54. The van der Waals surface area contributed by atoms with Crippen LogP contribution in [0.15, 0.2) is 0 Å². The Morgan fingerprint density at radius 2 is 1.32 bits per heavy atom. The molecule has 228 valence electrons. The normalized spacial score (nSPS) is 14.6. The molecule has 0 spiro atoms. The van der Waals surface area contributed by atoms with E-state index in [0.29, 0.717) is 6.42 Å². The molecule has 0 radical (unpaired) electrons. The molecule has 1 heterocycles. The van der Waals surface area contributed by atoms with Crippen molar-refractivity contribution in [3.8, 4) is 0 Å². The van der Waals surface area contributed by atoms with Gasteiger partial charge in [0.2, 0.25) is 17.7 Å². The number of hydrogen-bond donors (Lipinski definition) is 6. The van der Waals surface area contributed by atoms with Crippen molar-refractivity contribution in [2.24, 2.45) is 23.3 Å². The standard InChI is InChI=1S/C6H11NO3.C6H9NO2.2C4H7NO4.CH4.2Na.H2O/c1-4(6(9)10)3-5(8)7-2;1-4-3-5(8)7(2)6(4)9;2*5-2(4(8)9)1-3(6)7;;;;/h4H,3H2,1-2H3,(H,7,8)(H,9,10);4H,3H2,1-2H3;2*2H,1,5H2,(H,6,7)(H,8,9);1H4;;;1H2/q;;;;;2*+1;/p-2. The van der Waals surface area contributed by atoms with Crippen molar-refractivity contribution in [2.75, 3.05) is 14.1 Å². The van der Waals surface area contributed by atoms with Crippen molar-refractivity contribution >= 4 is 47.6 Å². The number of imide groups is 1. The van der Waals surface area contributed by atoms with E-state index in [2.05, 4.69) is 5.32 Å². The fraction of sp³-hybridized carbons (Fsp3) is 0.619. The third-order valence-electron chi connectivity index (χ3n) is 4.19. The van der Waals surface area contributed by atoms with Gasteiger partial charge in [0.25, 0.3) is 0 Å². The molecule has 0 aromatic heterocycles. The van der Waals surface area contributed by atoms with Crippen LogP contribution in [0.4, 0.5) is 0 Å². The molecule has 3 amide bonds. The Labute approximate surface area is 281 Å². The summed E-state index contributed by atoms with van der Waals surface area (Å²) in [5.41, 5.74) is 9.61. The van der Waals surface area contributed by atoms with E-state index in [-0.39, 0.29) is 102 Å². The van der Waals surface area contributed by atoms with Crippen molar-refractivity contribution < 1.29 is 128 Å². The number of nitrogens with one attached hydrogen (secondary N) is 1. The van der Waals surface area contributed by atoms with Gasteiger partial charge in [-0.1, -0.05) is 21.3 Å². The van der Waals surface area contributed by atoms with Crippen LogP contribution in [0.5, 0.6) is 0 Å². The Balaban J connectivity index is -0.0000000729. The number of aliphatic carboxylic acids is 5. The molecule has 4 unspecified atom stereocenters. The van der Waals surface area contributed by atoms with Crippen LogP contribution in [0.25, 0.3) is 0 Å². The van der Waals surface area contributed by atoms with E-state index in [4.69, 9.17) is 26.8 Å². The Morgan fingerprint density at radius 1 is 0.927 bits per heavy atom. The number of carboxylic acid groups (broad SMARTS) is 5. The maximum absolute atomic E-state index is 10.8.